The second-order valence-electron chi connectivity index (χ2n) is 6.09. The number of aryl methyl sites for hydroxylation is 2. The first kappa shape index (κ1) is 13.2. The minimum atomic E-state index is -0.692. The van der Waals surface area contributed by atoms with Crippen molar-refractivity contribution in [2.45, 2.75) is 39.0 Å². The van der Waals surface area contributed by atoms with Crippen LogP contribution in [-0.2, 0) is 11.8 Å². The fraction of sp³-hybridized carbons (Fsp3) is 0.471. The molecule has 1 unspecified atom stereocenters. The molecule has 3 rings (SSSR count). The van der Waals surface area contributed by atoms with E-state index in [-0.39, 0.29) is 12.3 Å². The second-order valence-corrected chi connectivity index (χ2v) is 6.09. The molecule has 3 heteroatoms. The number of carboxylic acid groups (broad SMARTS) is 1. The SMILES string of the molecule is Cc1c(C)n(C)c2ccc(C(CC(=O)O)C3CC3)cc12. The summed E-state index contributed by atoms with van der Waals surface area (Å²) in [6.45, 7) is 4.27. The first-order valence-electron chi connectivity index (χ1n) is 7.26. The summed E-state index contributed by atoms with van der Waals surface area (Å²) in [5.74, 6) is 0.0495. The minimum absolute atomic E-state index is 0.178. The summed E-state index contributed by atoms with van der Waals surface area (Å²) in [5, 5.41) is 10.4. The summed E-state index contributed by atoms with van der Waals surface area (Å²) in [5.41, 5.74) is 5.00. The van der Waals surface area contributed by atoms with Crippen molar-refractivity contribution in [3.05, 3.63) is 35.0 Å². The standard InChI is InChI=1S/C17H21NO2/c1-10-11(2)18(3)16-7-6-13(8-14(10)16)15(9-17(19)20)12-4-5-12/h6-8,12,15H,4-5,9H2,1-3H3,(H,19,20). The average molecular weight is 271 g/mol. The fourth-order valence-corrected chi connectivity index (χ4v) is 3.25. The van der Waals surface area contributed by atoms with Crippen molar-refractivity contribution in [3.8, 4) is 0 Å². The van der Waals surface area contributed by atoms with Crippen LogP contribution in [0.2, 0.25) is 0 Å². The number of benzene rings is 1. The number of hydrogen-bond donors (Lipinski definition) is 1. The highest BCUT2D eigenvalue weighted by atomic mass is 16.4. The molecule has 1 aromatic carbocycles. The lowest BCUT2D eigenvalue weighted by Crippen LogP contribution is -2.08. The first-order valence-corrected chi connectivity index (χ1v) is 7.26. The summed E-state index contributed by atoms with van der Waals surface area (Å²) in [6.07, 6.45) is 2.59. The molecule has 1 heterocycles. The molecule has 0 spiro atoms. The van der Waals surface area contributed by atoms with Gasteiger partial charge in [0.1, 0.15) is 0 Å². The highest BCUT2D eigenvalue weighted by Gasteiger charge is 2.33. The molecule has 1 saturated carbocycles. The molecule has 106 valence electrons. The van der Waals surface area contributed by atoms with Crippen LogP contribution in [0.5, 0.6) is 0 Å². The van der Waals surface area contributed by atoms with Crippen LogP contribution in [0.3, 0.4) is 0 Å². The number of aromatic nitrogens is 1. The van der Waals surface area contributed by atoms with Crippen molar-refractivity contribution in [1.29, 1.82) is 0 Å². The molecule has 0 aliphatic heterocycles. The Morgan fingerprint density at radius 1 is 1.40 bits per heavy atom. The van der Waals surface area contributed by atoms with Crippen molar-refractivity contribution in [1.82, 2.24) is 4.57 Å². The van der Waals surface area contributed by atoms with E-state index in [1.54, 1.807) is 0 Å². The lowest BCUT2D eigenvalue weighted by atomic mass is 9.90. The predicted molar refractivity (Wildman–Crippen MR) is 80.1 cm³/mol. The largest absolute Gasteiger partial charge is 0.481 e. The van der Waals surface area contributed by atoms with Gasteiger partial charge in [-0.15, -0.1) is 0 Å². The van der Waals surface area contributed by atoms with Gasteiger partial charge in [0.15, 0.2) is 0 Å². The number of carbonyl (C=O) groups is 1. The fourth-order valence-electron chi connectivity index (χ4n) is 3.25. The van der Waals surface area contributed by atoms with E-state index in [1.807, 2.05) is 0 Å². The van der Waals surface area contributed by atoms with E-state index in [0.717, 1.165) is 0 Å². The van der Waals surface area contributed by atoms with E-state index in [9.17, 15) is 4.79 Å². The van der Waals surface area contributed by atoms with E-state index in [0.29, 0.717) is 5.92 Å². The predicted octanol–water partition coefficient (Wildman–Crippen LogP) is 3.76. The maximum atomic E-state index is 11.1. The number of nitrogens with zero attached hydrogens (tertiary/aromatic N) is 1. The highest BCUT2D eigenvalue weighted by molar-refractivity contribution is 5.86. The van der Waals surface area contributed by atoms with Crippen LogP contribution in [0.25, 0.3) is 10.9 Å². The maximum absolute atomic E-state index is 11.1. The molecule has 2 aromatic rings. The van der Waals surface area contributed by atoms with Gasteiger partial charge in [-0.2, -0.15) is 0 Å². The Bertz CT molecular complexity index is 680. The smallest absolute Gasteiger partial charge is 0.303 e. The highest BCUT2D eigenvalue weighted by Crippen LogP contribution is 2.45. The molecule has 0 saturated heterocycles. The quantitative estimate of drug-likeness (QED) is 0.920. The number of fused-ring (bicyclic) bond motifs is 1. The van der Waals surface area contributed by atoms with Crippen LogP contribution >= 0.6 is 0 Å². The van der Waals surface area contributed by atoms with Crippen molar-refractivity contribution in [3.63, 3.8) is 0 Å². The van der Waals surface area contributed by atoms with Crippen molar-refractivity contribution in [2.24, 2.45) is 13.0 Å². The zero-order valence-corrected chi connectivity index (χ0v) is 12.3. The number of aliphatic carboxylic acids is 1. The van der Waals surface area contributed by atoms with Crippen LogP contribution in [0.1, 0.15) is 42.0 Å². The molecule has 1 aliphatic rings. The average Bonchev–Trinajstić information content (AvgIpc) is 3.23. The van der Waals surface area contributed by atoms with Crippen LogP contribution in [0.4, 0.5) is 0 Å². The van der Waals surface area contributed by atoms with E-state index in [2.05, 4.69) is 43.7 Å². The molecule has 0 amide bonds. The van der Waals surface area contributed by atoms with Crippen molar-refractivity contribution in [2.75, 3.05) is 0 Å². The Balaban J connectivity index is 2.07. The molecular weight excluding hydrogens is 250 g/mol. The normalized spacial score (nSPS) is 16.6. The molecule has 1 aromatic heterocycles. The van der Waals surface area contributed by atoms with Gasteiger partial charge in [-0.3, -0.25) is 4.79 Å². The van der Waals surface area contributed by atoms with Gasteiger partial charge < -0.3 is 9.67 Å². The molecule has 1 fully saturated rings. The van der Waals surface area contributed by atoms with E-state index >= 15 is 0 Å². The number of carboxylic acids is 1. The maximum Gasteiger partial charge on any atom is 0.303 e. The van der Waals surface area contributed by atoms with Crippen LogP contribution in [-0.4, -0.2) is 15.6 Å². The molecular formula is C17H21NO2. The first-order chi connectivity index (χ1) is 9.49. The third-order valence-corrected chi connectivity index (χ3v) is 4.85. The molecule has 1 N–H and O–H groups in total. The van der Waals surface area contributed by atoms with E-state index < -0.39 is 5.97 Å². The monoisotopic (exact) mass is 271 g/mol. The Morgan fingerprint density at radius 2 is 2.10 bits per heavy atom. The lowest BCUT2D eigenvalue weighted by Gasteiger charge is -2.15. The summed E-state index contributed by atoms with van der Waals surface area (Å²) >= 11 is 0. The third kappa shape index (κ3) is 2.11. The minimum Gasteiger partial charge on any atom is -0.481 e. The number of rotatable bonds is 4. The van der Waals surface area contributed by atoms with E-state index in [1.165, 1.54) is 40.6 Å². The van der Waals surface area contributed by atoms with Gasteiger partial charge in [-0.1, -0.05) is 6.07 Å². The summed E-state index contributed by atoms with van der Waals surface area (Å²) in [7, 11) is 2.08. The van der Waals surface area contributed by atoms with Gasteiger partial charge in [0.25, 0.3) is 0 Å². The molecule has 3 nitrogen and oxygen atoms in total. The summed E-state index contributed by atoms with van der Waals surface area (Å²) in [6, 6.07) is 6.47. The Kier molecular flexibility index (Phi) is 3.08. The Labute approximate surface area is 119 Å². The molecule has 1 aliphatic carbocycles. The topological polar surface area (TPSA) is 42.2 Å². The molecule has 0 radical (unpaired) electrons. The van der Waals surface area contributed by atoms with Crippen LogP contribution in [0, 0.1) is 19.8 Å². The molecule has 0 bridgehead atoms. The van der Waals surface area contributed by atoms with Gasteiger partial charge in [0.2, 0.25) is 0 Å². The Hall–Kier alpha value is -1.77. The van der Waals surface area contributed by atoms with Crippen molar-refractivity contribution >= 4 is 16.9 Å². The van der Waals surface area contributed by atoms with Crippen molar-refractivity contribution < 1.29 is 9.90 Å². The lowest BCUT2D eigenvalue weighted by molar-refractivity contribution is -0.137. The second kappa shape index (κ2) is 4.65. The van der Waals surface area contributed by atoms with Gasteiger partial charge in [-0.05, 0) is 61.8 Å². The zero-order valence-electron chi connectivity index (χ0n) is 12.3. The van der Waals surface area contributed by atoms with Gasteiger partial charge in [-0.25, -0.2) is 0 Å². The molecule has 1 atom stereocenters. The molecule has 20 heavy (non-hydrogen) atoms. The Morgan fingerprint density at radius 3 is 2.70 bits per heavy atom. The third-order valence-electron chi connectivity index (χ3n) is 4.85. The van der Waals surface area contributed by atoms with Crippen LogP contribution < -0.4 is 0 Å². The van der Waals surface area contributed by atoms with E-state index in [4.69, 9.17) is 5.11 Å². The van der Waals surface area contributed by atoms with Gasteiger partial charge in [0.05, 0.1) is 6.42 Å². The summed E-state index contributed by atoms with van der Waals surface area (Å²) in [4.78, 5) is 11.1. The van der Waals surface area contributed by atoms with Gasteiger partial charge in [0, 0.05) is 23.6 Å². The number of hydrogen-bond acceptors (Lipinski definition) is 1. The van der Waals surface area contributed by atoms with Crippen LogP contribution in [0.15, 0.2) is 18.2 Å². The zero-order chi connectivity index (χ0) is 14.4. The van der Waals surface area contributed by atoms with Gasteiger partial charge >= 0.3 is 5.97 Å². The summed E-state index contributed by atoms with van der Waals surface area (Å²) < 4.78 is 2.21.